The molecule has 24 heavy (non-hydrogen) atoms. The number of fused-ring (bicyclic) bond motifs is 1. The Morgan fingerprint density at radius 1 is 1.08 bits per heavy atom. The normalized spacial score (nSPS) is 10.5. The lowest BCUT2D eigenvalue weighted by Crippen LogP contribution is -2.36. The summed E-state index contributed by atoms with van der Waals surface area (Å²) in [6, 6.07) is 15.9. The molecule has 0 aliphatic heterocycles. The maximum atomic E-state index is 11.9. The molecule has 3 aromatic rings. The first-order valence-corrected chi connectivity index (χ1v) is 8.74. The Kier molecular flexibility index (Phi) is 5.33. The zero-order valence-electron chi connectivity index (χ0n) is 13.5. The molecule has 2 aromatic carbocycles. The number of benzene rings is 2. The molecule has 0 bridgehead atoms. The summed E-state index contributed by atoms with van der Waals surface area (Å²) in [5, 5.41) is 9.22. The molecule has 1 heterocycles. The molecule has 0 spiro atoms. The van der Waals surface area contributed by atoms with Crippen LogP contribution in [0.15, 0.2) is 53.9 Å². The van der Waals surface area contributed by atoms with Crippen LogP contribution < -0.4 is 15.4 Å². The number of nitrogens with one attached hydrogen (secondary N) is 2. The van der Waals surface area contributed by atoms with E-state index < -0.39 is 0 Å². The Hall–Kier alpha value is -2.53. The van der Waals surface area contributed by atoms with Crippen LogP contribution in [0.25, 0.3) is 10.1 Å². The number of rotatable bonds is 6. The van der Waals surface area contributed by atoms with Crippen molar-refractivity contribution in [2.24, 2.45) is 0 Å². The molecular weight excluding hydrogens is 320 g/mol. The SMILES string of the molecule is COc1ccc(CNC(=O)NCCc2csc3ccccc23)cc1. The second kappa shape index (κ2) is 7.84. The van der Waals surface area contributed by atoms with Crippen molar-refractivity contribution in [1.29, 1.82) is 0 Å². The van der Waals surface area contributed by atoms with E-state index in [9.17, 15) is 4.79 Å². The van der Waals surface area contributed by atoms with Crippen LogP contribution in [0.2, 0.25) is 0 Å². The summed E-state index contributed by atoms with van der Waals surface area (Å²) >= 11 is 1.74. The number of hydrogen-bond donors (Lipinski definition) is 2. The van der Waals surface area contributed by atoms with Gasteiger partial charge in [0.2, 0.25) is 0 Å². The molecule has 124 valence electrons. The number of ether oxygens (including phenoxy) is 1. The topological polar surface area (TPSA) is 50.4 Å². The van der Waals surface area contributed by atoms with E-state index in [0.717, 1.165) is 17.7 Å². The lowest BCUT2D eigenvalue weighted by atomic mass is 10.1. The summed E-state index contributed by atoms with van der Waals surface area (Å²) in [6.45, 7) is 1.12. The zero-order valence-corrected chi connectivity index (χ0v) is 14.4. The van der Waals surface area contributed by atoms with Crippen molar-refractivity contribution in [1.82, 2.24) is 10.6 Å². The Balaban J connectivity index is 1.44. The molecule has 0 radical (unpaired) electrons. The van der Waals surface area contributed by atoms with Crippen LogP contribution in [0.4, 0.5) is 4.79 Å². The highest BCUT2D eigenvalue weighted by atomic mass is 32.1. The van der Waals surface area contributed by atoms with Gasteiger partial charge in [0.1, 0.15) is 5.75 Å². The van der Waals surface area contributed by atoms with E-state index in [1.165, 1.54) is 15.6 Å². The minimum Gasteiger partial charge on any atom is -0.497 e. The molecule has 4 nitrogen and oxygen atoms in total. The summed E-state index contributed by atoms with van der Waals surface area (Å²) in [7, 11) is 1.64. The van der Waals surface area contributed by atoms with Crippen molar-refractivity contribution in [3.05, 3.63) is 65.0 Å². The first-order chi connectivity index (χ1) is 11.8. The average molecular weight is 340 g/mol. The van der Waals surface area contributed by atoms with Crippen molar-refractivity contribution in [2.45, 2.75) is 13.0 Å². The second-order valence-electron chi connectivity index (χ2n) is 5.46. The van der Waals surface area contributed by atoms with E-state index in [1.54, 1.807) is 18.4 Å². The van der Waals surface area contributed by atoms with Gasteiger partial charge < -0.3 is 15.4 Å². The molecule has 0 aliphatic carbocycles. The molecule has 1 aromatic heterocycles. The maximum Gasteiger partial charge on any atom is 0.315 e. The van der Waals surface area contributed by atoms with Crippen LogP contribution in [-0.4, -0.2) is 19.7 Å². The molecule has 3 rings (SSSR count). The average Bonchev–Trinajstić information content (AvgIpc) is 3.04. The Labute approximate surface area is 145 Å². The number of carbonyl (C=O) groups excluding carboxylic acids is 1. The third kappa shape index (κ3) is 4.06. The van der Waals surface area contributed by atoms with Crippen LogP contribution in [0.5, 0.6) is 5.75 Å². The van der Waals surface area contributed by atoms with Crippen LogP contribution in [-0.2, 0) is 13.0 Å². The highest BCUT2D eigenvalue weighted by molar-refractivity contribution is 7.17. The summed E-state index contributed by atoms with van der Waals surface area (Å²) in [4.78, 5) is 11.9. The Morgan fingerprint density at radius 2 is 1.88 bits per heavy atom. The Morgan fingerprint density at radius 3 is 2.67 bits per heavy atom. The lowest BCUT2D eigenvalue weighted by molar-refractivity contribution is 0.240. The monoisotopic (exact) mass is 340 g/mol. The van der Waals surface area contributed by atoms with Crippen LogP contribution in [0.3, 0.4) is 0 Å². The predicted octanol–water partition coefficient (Wildman–Crippen LogP) is 3.95. The van der Waals surface area contributed by atoms with E-state index in [-0.39, 0.29) is 6.03 Å². The predicted molar refractivity (Wildman–Crippen MR) is 98.8 cm³/mol. The van der Waals surface area contributed by atoms with Crippen LogP contribution >= 0.6 is 11.3 Å². The van der Waals surface area contributed by atoms with Gasteiger partial charge >= 0.3 is 6.03 Å². The molecule has 0 unspecified atom stereocenters. The van der Waals surface area contributed by atoms with Crippen molar-refractivity contribution in [2.75, 3.05) is 13.7 Å². The van der Waals surface area contributed by atoms with Gasteiger partial charge in [0.15, 0.2) is 0 Å². The van der Waals surface area contributed by atoms with Crippen molar-refractivity contribution < 1.29 is 9.53 Å². The summed E-state index contributed by atoms with van der Waals surface area (Å²) in [6.07, 6.45) is 0.833. The maximum absolute atomic E-state index is 11.9. The van der Waals surface area contributed by atoms with Crippen molar-refractivity contribution in [3.63, 3.8) is 0 Å². The molecule has 0 aliphatic rings. The number of urea groups is 1. The van der Waals surface area contributed by atoms with Crippen molar-refractivity contribution in [3.8, 4) is 5.75 Å². The first-order valence-electron chi connectivity index (χ1n) is 7.86. The van der Waals surface area contributed by atoms with Gasteiger partial charge in [-0.1, -0.05) is 30.3 Å². The third-order valence-corrected chi connectivity index (χ3v) is 4.87. The fourth-order valence-corrected chi connectivity index (χ4v) is 3.52. The lowest BCUT2D eigenvalue weighted by Gasteiger charge is -2.08. The Bertz CT molecular complexity index is 812. The highest BCUT2D eigenvalue weighted by Gasteiger charge is 2.05. The van der Waals surface area contributed by atoms with Gasteiger partial charge in [-0.2, -0.15) is 0 Å². The summed E-state index contributed by atoms with van der Waals surface area (Å²) in [5.41, 5.74) is 2.32. The fourth-order valence-electron chi connectivity index (χ4n) is 2.53. The van der Waals surface area contributed by atoms with Gasteiger partial charge in [0.05, 0.1) is 7.11 Å². The first kappa shape index (κ1) is 16.3. The molecule has 2 amide bonds. The minimum atomic E-state index is -0.148. The molecule has 0 fully saturated rings. The smallest absolute Gasteiger partial charge is 0.315 e. The van der Waals surface area contributed by atoms with Crippen molar-refractivity contribution >= 4 is 27.5 Å². The quantitative estimate of drug-likeness (QED) is 0.714. The standard InChI is InChI=1S/C19H20N2O2S/c1-23-16-8-6-14(7-9-16)12-21-19(22)20-11-10-15-13-24-18-5-3-2-4-17(15)18/h2-9,13H,10-12H2,1H3,(H2,20,21,22). The van der Waals surface area contributed by atoms with E-state index in [0.29, 0.717) is 13.1 Å². The fraction of sp³-hybridized carbons (Fsp3) is 0.211. The molecule has 5 heteroatoms. The zero-order chi connectivity index (χ0) is 16.8. The minimum absolute atomic E-state index is 0.148. The molecule has 0 saturated heterocycles. The third-order valence-electron chi connectivity index (χ3n) is 3.85. The van der Waals surface area contributed by atoms with E-state index in [2.05, 4.69) is 28.1 Å². The summed E-state index contributed by atoms with van der Waals surface area (Å²) in [5.74, 6) is 0.811. The van der Waals surface area contributed by atoms with E-state index in [4.69, 9.17) is 4.74 Å². The van der Waals surface area contributed by atoms with Gasteiger partial charge in [-0.3, -0.25) is 0 Å². The summed E-state index contributed by atoms with van der Waals surface area (Å²) < 4.78 is 6.40. The van der Waals surface area contributed by atoms with Gasteiger partial charge in [0.25, 0.3) is 0 Å². The van der Waals surface area contributed by atoms with Gasteiger partial charge in [0, 0.05) is 17.8 Å². The number of thiophene rings is 1. The highest BCUT2D eigenvalue weighted by Crippen LogP contribution is 2.25. The van der Waals surface area contributed by atoms with Gasteiger partial charge in [-0.05, 0) is 46.5 Å². The second-order valence-corrected chi connectivity index (χ2v) is 6.38. The van der Waals surface area contributed by atoms with E-state index >= 15 is 0 Å². The van der Waals surface area contributed by atoms with Crippen LogP contribution in [0.1, 0.15) is 11.1 Å². The van der Waals surface area contributed by atoms with Gasteiger partial charge in [-0.15, -0.1) is 11.3 Å². The molecule has 0 saturated carbocycles. The molecule has 0 atom stereocenters. The van der Waals surface area contributed by atoms with Crippen LogP contribution in [0, 0.1) is 0 Å². The number of amides is 2. The number of hydrogen-bond acceptors (Lipinski definition) is 3. The largest absolute Gasteiger partial charge is 0.497 e. The molecule has 2 N–H and O–H groups in total. The number of carbonyl (C=O) groups is 1. The molecular formula is C19H20N2O2S. The van der Waals surface area contributed by atoms with E-state index in [1.807, 2.05) is 36.4 Å². The number of methoxy groups -OCH3 is 1. The van der Waals surface area contributed by atoms with Gasteiger partial charge in [-0.25, -0.2) is 4.79 Å².